The number of rotatable bonds is 26. The van der Waals surface area contributed by atoms with Gasteiger partial charge in [0.2, 0.25) is 5.91 Å². The third-order valence-electron chi connectivity index (χ3n) is 11.4. The van der Waals surface area contributed by atoms with Gasteiger partial charge in [-0.05, 0) is 31.0 Å². The molecule has 2 aliphatic rings. The fraction of sp³-hybridized carbons (Fsp3) is 0.833. The first-order chi connectivity index (χ1) is 25.7. The Kier molecular flexibility index (Phi) is 20.7. The van der Waals surface area contributed by atoms with Crippen molar-refractivity contribution >= 4 is 24.1 Å². The average molecular weight is 798 g/mol. The van der Waals surface area contributed by atoms with Gasteiger partial charge in [-0.2, -0.15) is 0 Å². The van der Waals surface area contributed by atoms with Crippen LogP contribution in [0.25, 0.3) is 0 Å². The number of nitrogens with one attached hydrogen (secondary N) is 1. The summed E-state index contributed by atoms with van der Waals surface area (Å²) in [5.41, 5.74) is -0.517. The summed E-state index contributed by atoms with van der Waals surface area (Å²) < 4.78 is 65.9. The standard InChI is InChI=1S/C42H75NO9SSi/c1-9-10-11-12-13-14-15-16-17-18-19-20-21-25-29-48-31-35(47-6)28-30-53(45,46)41-37(43-33(2)44)39(52-54(7,8)42(3,4)5)38-36(50-41)32-49-40(51-38)34-26-23-22-24-27-34/h22-24,26-27,35-41H,9-21,25,28-32H2,1-8H3,(H,43,44)/t35-,36+,37+,38+,39+,40+,41-/m0/s1. The zero-order valence-corrected chi connectivity index (χ0v) is 36.8. The summed E-state index contributed by atoms with van der Waals surface area (Å²) in [5, 5.41) is 2.73. The third-order valence-corrected chi connectivity index (χ3v) is 17.8. The van der Waals surface area contributed by atoms with Crippen LogP contribution in [0.1, 0.15) is 143 Å². The van der Waals surface area contributed by atoms with Crippen molar-refractivity contribution < 1.29 is 41.3 Å². The molecule has 2 aliphatic heterocycles. The fourth-order valence-electron chi connectivity index (χ4n) is 7.00. The Morgan fingerprint density at radius 3 is 2.02 bits per heavy atom. The second kappa shape index (κ2) is 23.8. The van der Waals surface area contributed by atoms with Gasteiger partial charge in [-0.25, -0.2) is 8.42 Å². The van der Waals surface area contributed by atoms with E-state index in [1.165, 1.54) is 84.0 Å². The molecule has 0 radical (unpaired) electrons. The monoisotopic (exact) mass is 797 g/mol. The van der Waals surface area contributed by atoms with Gasteiger partial charge in [0, 0.05) is 26.2 Å². The summed E-state index contributed by atoms with van der Waals surface area (Å²) in [6.07, 6.45) is 15.2. The Labute approximate surface area is 329 Å². The van der Waals surface area contributed by atoms with Crippen LogP contribution in [0, 0.1) is 0 Å². The van der Waals surface area contributed by atoms with E-state index in [0.29, 0.717) is 13.2 Å². The molecule has 0 aromatic heterocycles. The number of hydrogen-bond acceptors (Lipinski definition) is 9. The van der Waals surface area contributed by atoms with Gasteiger partial charge < -0.3 is 33.4 Å². The molecule has 1 N–H and O–H groups in total. The molecule has 0 unspecified atom stereocenters. The van der Waals surface area contributed by atoms with E-state index < -0.39 is 60.3 Å². The molecular formula is C42H75NO9SSi. The van der Waals surface area contributed by atoms with Crippen molar-refractivity contribution in [1.29, 1.82) is 0 Å². The molecule has 2 saturated heterocycles. The molecule has 1 aromatic carbocycles. The van der Waals surface area contributed by atoms with Crippen molar-refractivity contribution in [2.45, 2.75) is 191 Å². The predicted molar refractivity (Wildman–Crippen MR) is 219 cm³/mol. The number of unbranched alkanes of at least 4 members (excludes halogenated alkanes) is 13. The van der Waals surface area contributed by atoms with Gasteiger partial charge in [0.25, 0.3) is 0 Å². The number of methoxy groups -OCH3 is 1. The highest BCUT2D eigenvalue weighted by Gasteiger charge is 2.56. The minimum absolute atomic E-state index is 0.119. The first kappa shape index (κ1) is 47.0. The van der Waals surface area contributed by atoms with E-state index in [2.05, 4.69) is 46.1 Å². The first-order valence-electron chi connectivity index (χ1n) is 20.9. The fourth-order valence-corrected chi connectivity index (χ4v) is 10.1. The van der Waals surface area contributed by atoms with Crippen LogP contribution in [0.5, 0.6) is 0 Å². The summed E-state index contributed by atoms with van der Waals surface area (Å²) in [6.45, 7) is 15.3. The zero-order valence-electron chi connectivity index (χ0n) is 34.9. The number of fused-ring (bicyclic) bond motifs is 1. The van der Waals surface area contributed by atoms with Gasteiger partial charge in [-0.15, -0.1) is 0 Å². The van der Waals surface area contributed by atoms with Crippen LogP contribution < -0.4 is 5.32 Å². The van der Waals surface area contributed by atoms with Crippen molar-refractivity contribution in [2.24, 2.45) is 0 Å². The van der Waals surface area contributed by atoms with Crippen LogP contribution in [0.4, 0.5) is 0 Å². The summed E-state index contributed by atoms with van der Waals surface area (Å²) in [5.74, 6) is -0.572. The summed E-state index contributed by atoms with van der Waals surface area (Å²) >= 11 is 0. The average Bonchev–Trinajstić information content (AvgIpc) is 3.12. The molecule has 0 saturated carbocycles. The number of benzene rings is 1. The zero-order chi connectivity index (χ0) is 39.6. The Morgan fingerprint density at radius 2 is 1.48 bits per heavy atom. The first-order valence-corrected chi connectivity index (χ1v) is 25.6. The van der Waals surface area contributed by atoms with Crippen molar-refractivity contribution in [3.63, 3.8) is 0 Å². The van der Waals surface area contributed by atoms with Crippen molar-refractivity contribution in [1.82, 2.24) is 5.32 Å². The van der Waals surface area contributed by atoms with Gasteiger partial charge >= 0.3 is 0 Å². The van der Waals surface area contributed by atoms with Gasteiger partial charge in [0.1, 0.15) is 12.2 Å². The van der Waals surface area contributed by atoms with Crippen LogP contribution in [0.3, 0.4) is 0 Å². The van der Waals surface area contributed by atoms with E-state index in [1.807, 2.05) is 30.3 Å². The maximum absolute atomic E-state index is 14.2. The Hall–Kier alpha value is -1.38. The molecule has 3 rings (SSSR count). The minimum Gasteiger partial charge on any atom is -0.409 e. The van der Waals surface area contributed by atoms with Crippen LogP contribution in [-0.4, -0.2) is 91.2 Å². The lowest BCUT2D eigenvalue weighted by atomic mass is 9.96. The van der Waals surface area contributed by atoms with E-state index in [4.69, 9.17) is 28.1 Å². The second-order valence-corrected chi connectivity index (χ2v) is 23.9. The lowest BCUT2D eigenvalue weighted by Gasteiger charge is -2.52. The van der Waals surface area contributed by atoms with E-state index in [9.17, 15) is 13.2 Å². The highest BCUT2D eigenvalue weighted by molar-refractivity contribution is 7.91. The molecule has 312 valence electrons. The van der Waals surface area contributed by atoms with E-state index in [-0.39, 0.29) is 29.7 Å². The van der Waals surface area contributed by atoms with Crippen LogP contribution in [-0.2, 0) is 42.7 Å². The van der Waals surface area contributed by atoms with E-state index in [0.717, 1.165) is 18.4 Å². The highest BCUT2D eigenvalue weighted by atomic mass is 32.2. The predicted octanol–water partition coefficient (Wildman–Crippen LogP) is 9.04. The largest absolute Gasteiger partial charge is 0.409 e. The van der Waals surface area contributed by atoms with Gasteiger partial charge in [-0.3, -0.25) is 4.79 Å². The summed E-state index contributed by atoms with van der Waals surface area (Å²) in [6, 6.07) is 8.61. The van der Waals surface area contributed by atoms with Crippen LogP contribution in [0.15, 0.2) is 30.3 Å². The number of carbonyl (C=O) groups excluding carboxylic acids is 1. The smallest absolute Gasteiger partial charge is 0.217 e. The van der Waals surface area contributed by atoms with Gasteiger partial charge in [0.05, 0.1) is 37.2 Å². The number of ether oxygens (including phenoxy) is 5. The number of sulfone groups is 1. The molecule has 2 heterocycles. The molecule has 2 fully saturated rings. The third kappa shape index (κ3) is 15.5. The molecule has 0 aliphatic carbocycles. The van der Waals surface area contributed by atoms with Gasteiger partial charge in [0.15, 0.2) is 29.9 Å². The van der Waals surface area contributed by atoms with E-state index in [1.54, 1.807) is 7.11 Å². The van der Waals surface area contributed by atoms with E-state index >= 15 is 0 Å². The second-order valence-electron chi connectivity index (χ2n) is 17.0. The van der Waals surface area contributed by atoms with Gasteiger partial charge in [-0.1, -0.05) is 141 Å². The Bertz CT molecular complexity index is 1290. The van der Waals surface area contributed by atoms with Crippen molar-refractivity contribution in [3.05, 3.63) is 35.9 Å². The van der Waals surface area contributed by atoms with Crippen LogP contribution in [0.2, 0.25) is 18.1 Å². The normalized spacial score (nSPS) is 24.2. The molecule has 10 nitrogen and oxygen atoms in total. The maximum atomic E-state index is 14.2. The lowest BCUT2D eigenvalue weighted by Crippen LogP contribution is -2.70. The number of hydrogen-bond donors (Lipinski definition) is 1. The summed E-state index contributed by atoms with van der Waals surface area (Å²) in [7, 11) is -4.85. The molecule has 12 heteroatoms. The summed E-state index contributed by atoms with van der Waals surface area (Å²) in [4.78, 5) is 12.7. The highest BCUT2D eigenvalue weighted by Crippen LogP contribution is 2.42. The molecule has 0 bridgehead atoms. The quantitative estimate of drug-likeness (QED) is 0.0724. The topological polar surface area (TPSA) is 119 Å². The maximum Gasteiger partial charge on any atom is 0.217 e. The Morgan fingerprint density at radius 1 is 0.907 bits per heavy atom. The molecule has 1 amide bonds. The van der Waals surface area contributed by atoms with Crippen LogP contribution >= 0.6 is 0 Å². The SMILES string of the molecule is CCCCCCCCCCCCCCCCOC[C@H](CCS(=O)(=O)[C@@H]1O[C@@H]2CO[C@@H](c3ccccc3)O[C@H]2[C@H](O[Si](C)(C)C(C)(C)C)[C@H]1NC(C)=O)OC. The number of carbonyl (C=O) groups is 1. The molecular weight excluding hydrogens is 723 g/mol. The molecule has 54 heavy (non-hydrogen) atoms. The molecule has 0 spiro atoms. The Balaban J connectivity index is 1.53. The molecule has 1 aromatic rings. The van der Waals surface area contributed by atoms with Crippen molar-refractivity contribution in [3.8, 4) is 0 Å². The lowest BCUT2D eigenvalue weighted by molar-refractivity contribution is -0.305. The number of amides is 1. The minimum atomic E-state index is -3.93. The van der Waals surface area contributed by atoms with Crippen molar-refractivity contribution in [2.75, 3.05) is 32.7 Å². The molecule has 7 atom stereocenters.